The maximum absolute atomic E-state index is 13.1. The molecule has 0 radical (unpaired) electrons. The largest absolute Gasteiger partial charge is 0.436 e. The quantitative estimate of drug-likeness (QED) is 0.724. The lowest BCUT2D eigenvalue weighted by molar-refractivity contribution is -0.119. The predicted molar refractivity (Wildman–Crippen MR) is 110 cm³/mol. The van der Waals surface area contributed by atoms with Crippen LogP contribution < -0.4 is 15.0 Å². The number of amides is 2. The van der Waals surface area contributed by atoms with Crippen LogP contribution in [0.25, 0.3) is 0 Å². The molecule has 1 aliphatic rings. The molecule has 1 N–H and O–H groups in total. The van der Waals surface area contributed by atoms with E-state index in [0.29, 0.717) is 23.5 Å². The molecule has 0 saturated heterocycles. The number of rotatable bonds is 5. The van der Waals surface area contributed by atoms with Crippen LogP contribution in [0.1, 0.15) is 28.4 Å². The van der Waals surface area contributed by atoms with E-state index in [-0.39, 0.29) is 24.2 Å². The second kappa shape index (κ2) is 8.14. The van der Waals surface area contributed by atoms with E-state index in [1.807, 2.05) is 18.2 Å². The molecule has 0 bridgehead atoms. The van der Waals surface area contributed by atoms with Crippen molar-refractivity contribution >= 4 is 17.5 Å². The topological polar surface area (TPSA) is 71.5 Å². The van der Waals surface area contributed by atoms with E-state index in [9.17, 15) is 9.59 Å². The Kier molecular flexibility index (Phi) is 5.24. The Morgan fingerprint density at radius 3 is 2.59 bits per heavy atom. The summed E-state index contributed by atoms with van der Waals surface area (Å²) in [6, 6.07) is 18.6. The summed E-state index contributed by atoms with van der Waals surface area (Å²) in [5, 5.41) is 2.89. The average Bonchev–Trinajstić information content (AvgIpc) is 2.87. The molecule has 0 unspecified atom stereocenters. The normalized spacial score (nSPS) is 12.4. The van der Waals surface area contributed by atoms with E-state index >= 15 is 0 Å². The lowest BCUT2D eigenvalue weighted by atomic mass is 10.1. The highest BCUT2D eigenvalue weighted by atomic mass is 16.5. The fraction of sp³-hybridized carbons (Fsp3) is 0.174. The van der Waals surface area contributed by atoms with Crippen LogP contribution in [0, 0.1) is 0 Å². The molecule has 6 nitrogen and oxygen atoms in total. The molecule has 0 spiro atoms. The van der Waals surface area contributed by atoms with Crippen LogP contribution in [0.15, 0.2) is 66.9 Å². The molecule has 0 fully saturated rings. The first kappa shape index (κ1) is 18.7. The van der Waals surface area contributed by atoms with Crippen molar-refractivity contribution in [3.63, 3.8) is 0 Å². The van der Waals surface area contributed by atoms with Gasteiger partial charge in [-0.3, -0.25) is 14.5 Å². The SMILES string of the molecule is CCc1ccc(CNC(=O)CN2C(=O)c3cccnc3Oc3ccccc32)cc1. The van der Waals surface area contributed by atoms with Crippen LogP contribution in [-0.4, -0.2) is 23.3 Å². The van der Waals surface area contributed by atoms with Gasteiger partial charge in [-0.2, -0.15) is 0 Å². The summed E-state index contributed by atoms with van der Waals surface area (Å²) in [4.78, 5) is 31.3. The van der Waals surface area contributed by atoms with Gasteiger partial charge in [-0.05, 0) is 41.8 Å². The zero-order valence-corrected chi connectivity index (χ0v) is 16.1. The van der Waals surface area contributed by atoms with Gasteiger partial charge in [0, 0.05) is 12.7 Å². The molecule has 0 saturated carbocycles. The molecule has 2 amide bonds. The highest BCUT2D eigenvalue weighted by Crippen LogP contribution is 2.37. The summed E-state index contributed by atoms with van der Waals surface area (Å²) in [6.45, 7) is 2.39. The molecule has 2 aromatic carbocycles. The van der Waals surface area contributed by atoms with E-state index in [1.54, 1.807) is 36.5 Å². The number of nitrogens with zero attached hydrogens (tertiary/aromatic N) is 2. The van der Waals surface area contributed by atoms with Crippen molar-refractivity contribution in [1.82, 2.24) is 10.3 Å². The summed E-state index contributed by atoms with van der Waals surface area (Å²) < 4.78 is 5.83. The Labute approximate surface area is 169 Å². The first-order chi connectivity index (χ1) is 14.2. The standard InChI is InChI=1S/C23H21N3O3/c1-2-16-9-11-17(12-10-16)14-25-21(27)15-26-19-7-3-4-8-20(19)29-22-18(23(26)28)6-5-13-24-22/h3-13H,2,14-15H2,1H3,(H,25,27). The minimum absolute atomic E-state index is 0.111. The molecule has 146 valence electrons. The zero-order chi connectivity index (χ0) is 20.2. The minimum Gasteiger partial charge on any atom is -0.436 e. The Balaban J connectivity index is 1.53. The number of fused-ring (bicyclic) bond motifs is 2. The second-order valence-corrected chi connectivity index (χ2v) is 6.76. The van der Waals surface area contributed by atoms with Crippen molar-refractivity contribution in [1.29, 1.82) is 0 Å². The Hall–Kier alpha value is -3.67. The maximum atomic E-state index is 13.1. The number of carbonyl (C=O) groups excluding carboxylic acids is 2. The Morgan fingerprint density at radius 1 is 1.03 bits per heavy atom. The van der Waals surface area contributed by atoms with Crippen LogP contribution in [0.3, 0.4) is 0 Å². The summed E-state index contributed by atoms with van der Waals surface area (Å²) in [7, 11) is 0. The lowest BCUT2D eigenvalue weighted by Crippen LogP contribution is -2.40. The van der Waals surface area contributed by atoms with E-state index in [1.165, 1.54) is 10.5 Å². The highest BCUT2D eigenvalue weighted by Gasteiger charge is 2.30. The van der Waals surface area contributed by atoms with Gasteiger partial charge in [-0.1, -0.05) is 43.3 Å². The summed E-state index contributed by atoms with van der Waals surface area (Å²) in [5.74, 6) is 0.158. The lowest BCUT2D eigenvalue weighted by Gasteiger charge is -2.21. The molecule has 1 aliphatic heterocycles. The molecular weight excluding hydrogens is 366 g/mol. The third kappa shape index (κ3) is 3.96. The number of aryl methyl sites for hydroxylation is 1. The monoisotopic (exact) mass is 387 g/mol. The summed E-state index contributed by atoms with van der Waals surface area (Å²) in [6.07, 6.45) is 2.54. The van der Waals surface area contributed by atoms with Crippen molar-refractivity contribution in [2.75, 3.05) is 11.4 Å². The van der Waals surface area contributed by atoms with Crippen molar-refractivity contribution in [2.24, 2.45) is 0 Å². The fourth-order valence-corrected chi connectivity index (χ4v) is 3.21. The first-order valence-corrected chi connectivity index (χ1v) is 9.54. The van der Waals surface area contributed by atoms with Crippen molar-refractivity contribution in [2.45, 2.75) is 19.9 Å². The summed E-state index contributed by atoms with van der Waals surface area (Å²) in [5.41, 5.74) is 3.12. The van der Waals surface area contributed by atoms with Gasteiger partial charge in [0.2, 0.25) is 11.8 Å². The third-order valence-corrected chi connectivity index (χ3v) is 4.83. The van der Waals surface area contributed by atoms with Crippen LogP contribution in [0.2, 0.25) is 0 Å². The predicted octanol–water partition coefficient (Wildman–Crippen LogP) is 3.71. The molecule has 3 aromatic rings. The number of carbonyl (C=O) groups is 2. The van der Waals surface area contributed by atoms with E-state index in [0.717, 1.165) is 12.0 Å². The molecule has 4 rings (SSSR count). The van der Waals surface area contributed by atoms with E-state index in [4.69, 9.17) is 4.74 Å². The molecule has 29 heavy (non-hydrogen) atoms. The number of hydrogen-bond donors (Lipinski definition) is 1. The van der Waals surface area contributed by atoms with Gasteiger partial charge in [0.05, 0.1) is 5.69 Å². The van der Waals surface area contributed by atoms with Gasteiger partial charge in [0.25, 0.3) is 5.91 Å². The Morgan fingerprint density at radius 2 is 1.79 bits per heavy atom. The number of hydrogen-bond acceptors (Lipinski definition) is 4. The minimum atomic E-state index is -0.319. The molecule has 2 heterocycles. The Bertz CT molecular complexity index is 1050. The van der Waals surface area contributed by atoms with Gasteiger partial charge in [-0.15, -0.1) is 0 Å². The van der Waals surface area contributed by atoms with Gasteiger partial charge >= 0.3 is 0 Å². The molecule has 1 aromatic heterocycles. The average molecular weight is 387 g/mol. The smallest absolute Gasteiger partial charge is 0.264 e. The van der Waals surface area contributed by atoms with Crippen molar-refractivity contribution < 1.29 is 14.3 Å². The number of aromatic nitrogens is 1. The van der Waals surface area contributed by atoms with Gasteiger partial charge in [-0.25, -0.2) is 4.98 Å². The van der Waals surface area contributed by atoms with Crippen LogP contribution in [0.5, 0.6) is 11.6 Å². The second-order valence-electron chi connectivity index (χ2n) is 6.76. The maximum Gasteiger partial charge on any atom is 0.264 e. The molecular formula is C23H21N3O3. The van der Waals surface area contributed by atoms with E-state index in [2.05, 4.69) is 29.4 Å². The first-order valence-electron chi connectivity index (χ1n) is 9.54. The van der Waals surface area contributed by atoms with E-state index < -0.39 is 0 Å². The van der Waals surface area contributed by atoms with Crippen molar-refractivity contribution in [3.8, 4) is 11.6 Å². The number of pyridine rings is 1. The fourth-order valence-electron chi connectivity index (χ4n) is 3.21. The molecule has 0 aliphatic carbocycles. The van der Waals surface area contributed by atoms with Crippen LogP contribution in [-0.2, 0) is 17.8 Å². The third-order valence-electron chi connectivity index (χ3n) is 4.83. The number of ether oxygens (including phenoxy) is 1. The number of benzene rings is 2. The molecule has 6 heteroatoms. The number of nitrogens with one attached hydrogen (secondary N) is 1. The van der Waals surface area contributed by atoms with Gasteiger partial charge < -0.3 is 10.1 Å². The summed E-state index contributed by atoms with van der Waals surface area (Å²) >= 11 is 0. The number of para-hydroxylation sites is 2. The zero-order valence-electron chi connectivity index (χ0n) is 16.1. The number of anilines is 1. The van der Waals surface area contributed by atoms with Crippen LogP contribution in [0.4, 0.5) is 5.69 Å². The van der Waals surface area contributed by atoms with Gasteiger partial charge in [0.15, 0.2) is 5.75 Å². The highest BCUT2D eigenvalue weighted by molar-refractivity contribution is 6.11. The molecule has 0 atom stereocenters. The van der Waals surface area contributed by atoms with Crippen molar-refractivity contribution in [3.05, 3.63) is 83.6 Å². The van der Waals surface area contributed by atoms with Crippen LogP contribution >= 0.6 is 0 Å². The van der Waals surface area contributed by atoms with Gasteiger partial charge in [0.1, 0.15) is 12.1 Å².